The minimum atomic E-state index is 0.651. The zero-order valence-corrected chi connectivity index (χ0v) is 13.6. The highest BCUT2D eigenvalue weighted by Gasteiger charge is 2.15. The Morgan fingerprint density at radius 3 is 2.71 bits per heavy atom. The van der Waals surface area contributed by atoms with Crippen LogP contribution >= 0.6 is 11.6 Å². The monoisotopic (exact) mass is 308 g/mol. The van der Waals surface area contributed by atoms with Crippen LogP contribution in [0.15, 0.2) is 12.1 Å². The van der Waals surface area contributed by atoms with Crippen molar-refractivity contribution in [1.82, 2.24) is 9.78 Å². The van der Waals surface area contributed by atoms with Gasteiger partial charge in [0.25, 0.3) is 0 Å². The van der Waals surface area contributed by atoms with Gasteiger partial charge in [-0.25, -0.2) is 4.68 Å². The zero-order chi connectivity index (χ0) is 15.6. The Labute approximate surface area is 130 Å². The molecule has 2 rings (SSSR count). The first-order valence-electron chi connectivity index (χ1n) is 6.92. The number of benzene rings is 1. The Bertz CT molecular complexity index is 652. The molecule has 0 saturated carbocycles. The molecule has 0 bridgehead atoms. The summed E-state index contributed by atoms with van der Waals surface area (Å²) in [7, 11) is 1.62. The summed E-state index contributed by atoms with van der Waals surface area (Å²) in [5, 5.41) is 8.45. The van der Waals surface area contributed by atoms with E-state index in [-0.39, 0.29) is 0 Å². The molecule has 0 amide bonds. The van der Waals surface area contributed by atoms with E-state index in [1.54, 1.807) is 13.2 Å². The van der Waals surface area contributed by atoms with E-state index in [1.807, 2.05) is 24.6 Å². The molecule has 114 valence electrons. The minimum Gasteiger partial charge on any atom is -0.495 e. The van der Waals surface area contributed by atoms with Crippen molar-refractivity contribution in [3.05, 3.63) is 28.4 Å². The van der Waals surface area contributed by atoms with Gasteiger partial charge < -0.3 is 15.8 Å². The molecule has 3 N–H and O–H groups in total. The zero-order valence-electron chi connectivity index (χ0n) is 12.8. The molecule has 6 heteroatoms. The predicted octanol–water partition coefficient (Wildman–Crippen LogP) is 3.90. The van der Waals surface area contributed by atoms with Gasteiger partial charge in [0.05, 0.1) is 24.2 Å². The molecule has 1 heterocycles. The minimum absolute atomic E-state index is 0.651. The Kier molecular flexibility index (Phi) is 4.63. The number of nitrogens with one attached hydrogen (secondary N) is 1. The van der Waals surface area contributed by atoms with Crippen LogP contribution in [0.3, 0.4) is 0 Å². The van der Waals surface area contributed by atoms with Crippen LogP contribution in [0.5, 0.6) is 5.75 Å². The SMILES string of the molecule is CCCn1nc(C)c(N)c1Nc1cc(C)c(Cl)cc1OC. The van der Waals surface area contributed by atoms with Crippen molar-refractivity contribution in [2.24, 2.45) is 0 Å². The molecule has 1 aromatic heterocycles. The fraction of sp³-hybridized carbons (Fsp3) is 0.400. The summed E-state index contributed by atoms with van der Waals surface area (Å²) in [6.07, 6.45) is 0.978. The van der Waals surface area contributed by atoms with Gasteiger partial charge in [-0.05, 0) is 31.9 Å². The molecule has 0 aliphatic rings. The summed E-state index contributed by atoms with van der Waals surface area (Å²) in [5.74, 6) is 1.46. The van der Waals surface area contributed by atoms with Crippen molar-refractivity contribution in [3.8, 4) is 5.75 Å². The summed E-state index contributed by atoms with van der Waals surface area (Å²) in [4.78, 5) is 0. The lowest BCUT2D eigenvalue weighted by molar-refractivity contribution is 0.416. The second-order valence-corrected chi connectivity index (χ2v) is 5.40. The topological polar surface area (TPSA) is 65.1 Å². The van der Waals surface area contributed by atoms with E-state index in [2.05, 4.69) is 17.3 Å². The third-order valence-corrected chi connectivity index (χ3v) is 3.75. The maximum atomic E-state index is 6.13. The van der Waals surface area contributed by atoms with Gasteiger partial charge in [-0.1, -0.05) is 18.5 Å². The smallest absolute Gasteiger partial charge is 0.152 e. The predicted molar refractivity (Wildman–Crippen MR) is 87.7 cm³/mol. The number of hydrogen-bond acceptors (Lipinski definition) is 4. The van der Waals surface area contributed by atoms with Crippen LogP contribution < -0.4 is 15.8 Å². The maximum absolute atomic E-state index is 6.13. The van der Waals surface area contributed by atoms with Gasteiger partial charge in [-0.15, -0.1) is 0 Å². The quantitative estimate of drug-likeness (QED) is 0.879. The lowest BCUT2D eigenvalue weighted by atomic mass is 10.2. The molecule has 0 fully saturated rings. The van der Waals surface area contributed by atoms with Gasteiger partial charge in [0.15, 0.2) is 5.82 Å². The van der Waals surface area contributed by atoms with Crippen molar-refractivity contribution in [1.29, 1.82) is 0 Å². The van der Waals surface area contributed by atoms with Crippen LogP contribution in [-0.2, 0) is 6.54 Å². The molecule has 1 aromatic carbocycles. The maximum Gasteiger partial charge on any atom is 0.152 e. The van der Waals surface area contributed by atoms with Gasteiger partial charge in [-0.2, -0.15) is 5.10 Å². The number of methoxy groups -OCH3 is 1. The Morgan fingerprint density at radius 1 is 1.38 bits per heavy atom. The molecule has 0 aliphatic heterocycles. The molecule has 0 atom stereocenters. The highest BCUT2D eigenvalue weighted by molar-refractivity contribution is 6.31. The highest BCUT2D eigenvalue weighted by atomic mass is 35.5. The van der Waals surface area contributed by atoms with Crippen molar-refractivity contribution >= 4 is 28.8 Å². The summed E-state index contributed by atoms with van der Waals surface area (Å²) < 4.78 is 7.27. The van der Waals surface area contributed by atoms with E-state index in [0.717, 1.165) is 35.7 Å². The fourth-order valence-electron chi connectivity index (χ4n) is 2.16. The van der Waals surface area contributed by atoms with Gasteiger partial charge >= 0.3 is 0 Å². The van der Waals surface area contributed by atoms with Gasteiger partial charge in [-0.3, -0.25) is 0 Å². The molecular weight excluding hydrogens is 288 g/mol. The van der Waals surface area contributed by atoms with E-state index < -0.39 is 0 Å². The van der Waals surface area contributed by atoms with Crippen LogP contribution in [0, 0.1) is 13.8 Å². The van der Waals surface area contributed by atoms with E-state index in [0.29, 0.717) is 16.5 Å². The second-order valence-electron chi connectivity index (χ2n) is 5.00. The molecule has 2 aromatic rings. The lowest BCUT2D eigenvalue weighted by Crippen LogP contribution is -2.06. The number of halogens is 1. The first-order valence-corrected chi connectivity index (χ1v) is 7.29. The normalized spacial score (nSPS) is 10.7. The van der Waals surface area contributed by atoms with Gasteiger partial charge in [0, 0.05) is 17.6 Å². The summed E-state index contributed by atoms with van der Waals surface area (Å²) in [6, 6.07) is 3.74. The van der Waals surface area contributed by atoms with Crippen LogP contribution in [-0.4, -0.2) is 16.9 Å². The molecule has 5 nitrogen and oxygen atoms in total. The number of nitrogen functional groups attached to an aromatic ring is 1. The van der Waals surface area contributed by atoms with E-state index in [1.165, 1.54) is 0 Å². The number of nitrogens with zero attached hydrogens (tertiary/aromatic N) is 2. The molecule has 0 saturated heterocycles. The number of nitrogens with two attached hydrogens (primary N) is 1. The molecule has 0 unspecified atom stereocenters. The van der Waals surface area contributed by atoms with Crippen LogP contribution in [0.1, 0.15) is 24.6 Å². The Hall–Kier alpha value is -1.88. The van der Waals surface area contributed by atoms with Gasteiger partial charge in [0.2, 0.25) is 0 Å². The Morgan fingerprint density at radius 2 is 2.10 bits per heavy atom. The van der Waals surface area contributed by atoms with Crippen LogP contribution in [0.25, 0.3) is 0 Å². The molecule has 0 spiro atoms. The largest absolute Gasteiger partial charge is 0.495 e. The van der Waals surface area contributed by atoms with Crippen molar-refractivity contribution in [2.75, 3.05) is 18.2 Å². The average molecular weight is 309 g/mol. The number of aromatic nitrogens is 2. The molecule has 0 radical (unpaired) electrons. The van der Waals surface area contributed by atoms with Crippen molar-refractivity contribution in [2.45, 2.75) is 33.7 Å². The van der Waals surface area contributed by atoms with Crippen molar-refractivity contribution < 1.29 is 4.74 Å². The van der Waals surface area contributed by atoms with Gasteiger partial charge in [0.1, 0.15) is 5.75 Å². The lowest BCUT2D eigenvalue weighted by Gasteiger charge is -2.15. The first-order chi connectivity index (χ1) is 9.97. The summed E-state index contributed by atoms with van der Waals surface area (Å²) in [6.45, 7) is 6.75. The second kappa shape index (κ2) is 6.26. The number of ether oxygens (including phenoxy) is 1. The first kappa shape index (κ1) is 15.5. The molecule has 21 heavy (non-hydrogen) atoms. The van der Waals surface area contributed by atoms with Crippen LogP contribution in [0.2, 0.25) is 5.02 Å². The fourth-order valence-corrected chi connectivity index (χ4v) is 2.31. The third kappa shape index (κ3) is 3.08. The Balaban J connectivity index is 2.45. The van der Waals surface area contributed by atoms with E-state index >= 15 is 0 Å². The number of rotatable bonds is 5. The van der Waals surface area contributed by atoms with Crippen LogP contribution in [0.4, 0.5) is 17.2 Å². The standard InChI is InChI=1S/C15H21ClN4O/c1-5-6-20-15(14(17)10(3)19-20)18-12-7-9(2)11(16)8-13(12)21-4/h7-8,18H,5-6,17H2,1-4H3. The van der Waals surface area contributed by atoms with E-state index in [4.69, 9.17) is 22.1 Å². The average Bonchev–Trinajstić information content (AvgIpc) is 2.71. The van der Waals surface area contributed by atoms with Crippen molar-refractivity contribution in [3.63, 3.8) is 0 Å². The summed E-state index contributed by atoms with van der Waals surface area (Å²) in [5.41, 5.74) is 9.39. The number of anilines is 3. The third-order valence-electron chi connectivity index (χ3n) is 3.34. The highest BCUT2D eigenvalue weighted by Crippen LogP contribution is 2.35. The molecule has 0 aliphatic carbocycles. The number of hydrogen-bond donors (Lipinski definition) is 2. The van der Waals surface area contributed by atoms with E-state index in [9.17, 15) is 0 Å². The summed E-state index contributed by atoms with van der Waals surface area (Å²) >= 11 is 6.13. The number of aryl methyl sites for hydroxylation is 3. The molecular formula is C15H21ClN4O.